The van der Waals surface area contributed by atoms with Gasteiger partial charge in [-0.05, 0) is 48.3 Å². The Labute approximate surface area is 118 Å². The topological polar surface area (TPSA) is 24.9 Å². The Kier molecular flexibility index (Phi) is 4.73. The van der Waals surface area contributed by atoms with Gasteiger partial charge in [0.25, 0.3) is 0 Å². The molecular weight excluding hydrogens is 316 g/mol. The van der Waals surface area contributed by atoms with Crippen LogP contribution >= 0.6 is 38.6 Å². The number of thiophene rings is 1. The van der Waals surface area contributed by atoms with E-state index in [-0.39, 0.29) is 0 Å². The molecule has 0 bridgehead atoms. The zero-order valence-electron chi connectivity index (χ0n) is 9.87. The first-order valence-corrected chi connectivity index (χ1v) is 8.03. The van der Waals surface area contributed by atoms with E-state index >= 15 is 0 Å². The SMILES string of the molecule is Cc1ncsc1C(C)NCCc1ccc(Br)s1. The highest BCUT2D eigenvalue weighted by Gasteiger charge is 2.10. The number of aromatic nitrogens is 1. The number of halogens is 1. The smallest absolute Gasteiger partial charge is 0.0798 e. The predicted molar refractivity (Wildman–Crippen MR) is 79.0 cm³/mol. The fourth-order valence-electron chi connectivity index (χ4n) is 1.72. The second-order valence-corrected chi connectivity index (χ2v) is 7.37. The van der Waals surface area contributed by atoms with Gasteiger partial charge in [-0.15, -0.1) is 22.7 Å². The quantitative estimate of drug-likeness (QED) is 0.889. The summed E-state index contributed by atoms with van der Waals surface area (Å²) in [6.07, 6.45) is 1.08. The lowest BCUT2D eigenvalue weighted by atomic mass is 10.2. The number of nitrogens with one attached hydrogen (secondary N) is 1. The van der Waals surface area contributed by atoms with E-state index in [1.807, 2.05) is 5.51 Å². The lowest BCUT2D eigenvalue weighted by Crippen LogP contribution is -2.20. The van der Waals surface area contributed by atoms with Crippen molar-refractivity contribution in [2.24, 2.45) is 0 Å². The van der Waals surface area contributed by atoms with E-state index in [1.165, 1.54) is 13.5 Å². The lowest BCUT2D eigenvalue weighted by Gasteiger charge is -2.12. The predicted octanol–water partition coefficient (Wildman–Crippen LogP) is 4.17. The van der Waals surface area contributed by atoms with E-state index in [9.17, 15) is 0 Å². The molecule has 0 saturated carbocycles. The Morgan fingerprint density at radius 1 is 1.47 bits per heavy atom. The summed E-state index contributed by atoms with van der Waals surface area (Å²) in [4.78, 5) is 7.04. The molecule has 2 nitrogen and oxygen atoms in total. The fourth-order valence-corrected chi connectivity index (χ4v) is 4.03. The van der Waals surface area contributed by atoms with Crippen LogP contribution in [0.5, 0.6) is 0 Å². The third-order valence-corrected chi connectivity index (χ3v) is 5.42. The first-order chi connectivity index (χ1) is 8.16. The number of hydrogen-bond donors (Lipinski definition) is 1. The molecule has 2 heterocycles. The van der Waals surface area contributed by atoms with Crippen molar-refractivity contribution in [3.8, 4) is 0 Å². The zero-order valence-corrected chi connectivity index (χ0v) is 13.1. The molecule has 0 saturated heterocycles. The molecule has 92 valence electrons. The van der Waals surface area contributed by atoms with Gasteiger partial charge in [-0.3, -0.25) is 0 Å². The second kappa shape index (κ2) is 6.09. The van der Waals surface area contributed by atoms with Crippen LogP contribution < -0.4 is 5.32 Å². The molecule has 0 radical (unpaired) electrons. The summed E-state index contributed by atoms with van der Waals surface area (Å²) >= 11 is 7.02. The molecule has 0 aromatic carbocycles. The molecule has 17 heavy (non-hydrogen) atoms. The third-order valence-electron chi connectivity index (χ3n) is 2.63. The normalized spacial score (nSPS) is 12.9. The molecule has 2 rings (SSSR count). The van der Waals surface area contributed by atoms with E-state index in [1.54, 1.807) is 22.7 Å². The van der Waals surface area contributed by atoms with Crippen molar-refractivity contribution >= 4 is 38.6 Å². The molecule has 2 aromatic heterocycles. The van der Waals surface area contributed by atoms with E-state index < -0.39 is 0 Å². The number of nitrogens with zero attached hydrogens (tertiary/aromatic N) is 1. The minimum atomic E-state index is 0.394. The van der Waals surface area contributed by atoms with E-state index in [4.69, 9.17) is 0 Å². The van der Waals surface area contributed by atoms with Crippen molar-refractivity contribution in [2.75, 3.05) is 6.54 Å². The molecule has 0 aliphatic carbocycles. The Hall–Kier alpha value is -0.230. The minimum Gasteiger partial charge on any atom is -0.309 e. The molecule has 0 spiro atoms. The Balaban J connectivity index is 1.81. The number of aryl methyl sites for hydroxylation is 1. The standard InChI is InChI=1S/C12H15BrN2S2/c1-8(12-9(2)15-7-16-12)14-6-5-10-3-4-11(13)17-10/h3-4,7-8,14H,5-6H2,1-2H3. The second-order valence-electron chi connectivity index (χ2n) is 3.93. The summed E-state index contributed by atoms with van der Waals surface area (Å²) in [7, 11) is 0. The summed E-state index contributed by atoms with van der Waals surface area (Å²) in [6, 6.07) is 4.68. The van der Waals surface area contributed by atoms with Crippen LogP contribution in [-0.2, 0) is 6.42 Å². The van der Waals surface area contributed by atoms with Gasteiger partial charge in [0.2, 0.25) is 0 Å². The van der Waals surface area contributed by atoms with E-state index in [0.29, 0.717) is 6.04 Å². The summed E-state index contributed by atoms with van der Waals surface area (Å²) in [5, 5.41) is 3.55. The van der Waals surface area contributed by atoms with Crippen LogP contribution in [0.15, 0.2) is 21.4 Å². The van der Waals surface area contributed by atoms with Gasteiger partial charge in [0.05, 0.1) is 15.0 Å². The first-order valence-electron chi connectivity index (χ1n) is 5.54. The van der Waals surface area contributed by atoms with Gasteiger partial charge in [-0.1, -0.05) is 0 Å². The number of hydrogen-bond acceptors (Lipinski definition) is 4. The Morgan fingerprint density at radius 2 is 2.29 bits per heavy atom. The van der Waals surface area contributed by atoms with Gasteiger partial charge in [-0.25, -0.2) is 4.98 Å². The average Bonchev–Trinajstić information content (AvgIpc) is 2.87. The molecule has 2 aromatic rings. The lowest BCUT2D eigenvalue weighted by molar-refractivity contribution is 0.583. The maximum Gasteiger partial charge on any atom is 0.0798 e. The van der Waals surface area contributed by atoms with Gasteiger partial charge in [0.1, 0.15) is 0 Å². The van der Waals surface area contributed by atoms with Crippen LogP contribution in [-0.4, -0.2) is 11.5 Å². The van der Waals surface area contributed by atoms with Gasteiger partial charge in [0, 0.05) is 22.3 Å². The van der Waals surface area contributed by atoms with Crippen LogP contribution in [0.3, 0.4) is 0 Å². The number of rotatable bonds is 5. The van der Waals surface area contributed by atoms with E-state index in [2.05, 4.69) is 52.2 Å². The Bertz CT molecular complexity index is 478. The molecule has 0 aliphatic rings. The fraction of sp³-hybridized carbons (Fsp3) is 0.417. The molecule has 0 aliphatic heterocycles. The highest BCUT2D eigenvalue weighted by atomic mass is 79.9. The van der Waals surface area contributed by atoms with Gasteiger partial charge in [0.15, 0.2) is 0 Å². The molecule has 1 atom stereocenters. The average molecular weight is 331 g/mol. The van der Waals surface area contributed by atoms with Crippen LogP contribution in [0.2, 0.25) is 0 Å². The van der Waals surface area contributed by atoms with Gasteiger partial charge in [-0.2, -0.15) is 0 Å². The Morgan fingerprint density at radius 3 is 2.88 bits per heavy atom. The molecular formula is C12H15BrN2S2. The summed E-state index contributed by atoms with van der Waals surface area (Å²) in [6.45, 7) is 5.27. The van der Waals surface area contributed by atoms with Crippen molar-refractivity contribution in [1.82, 2.24) is 10.3 Å². The molecule has 0 amide bonds. The van der Waals surface area contributed by atoms with Crippen LogP contribution in [0.25, 0.3) is 0 Å². The zero-order chi connectivity index (χ0) is 12.3. The van der Waals surface area contributed by atoms with Crippen molar-refractivity contribution in [1.29, 1.82) is 0 Å². The highest BCUT2D eigenvalue weighted by Crippen LogP contribution is 2.23. The molecule has 0 fully saturated rings. The van der Waals surface area contributed by atoms with Crippen molar-refractivity contribution < 1.29 is 0 Å². The van der Waals surface area contributed by atoms with Gasteiger partial charge >= 0.3 is 0 Å². The largest absolute Gasteiger partial charge is 0.309 e. The molecule has 1 unspecified atom stereocenters. The van der Waals surface area contributed by atoms with Crippen LogP contribution in [0, 0.1) is 6.92 Å². The van der Waals surface area contributed by atoms with Gasteiger partial charge < -0.3 is 5.32 Å². The van der Waals surface area contributed by atoms with Crippen LogP contribution in [0.4, 0.5) is 0 Å². The minimum absolute atomic E-state index is 0.394. The van der Waals surface area contributed by atoms with Crippen molar-refractivity contribution in [3.05, 3.63) is 36.9 Å². The van der Waals surface area contributed by atoms with E-state index in [0.717, 1.165) is 18.7 Å². The third kappa shape index (κ3) is 3.61. The number of thiazole rings is 1. The van der Waals surface area contributed by atoms with Crippen LogP contribution in [0.1, 0.15) is 28.4 Å². The molecule has 1 N–H and O–H groups in total. The highest BCUT2D eigenvalue weighted by molar-refractivity contribution is 9.11. The maximum absolute atomic E-state index is 4.28. The maximum atomic E-state index is 4.28. The summed E-state index contributed by atoms with van der Waals surface area (Å²) in [5.41, 5.74) is 3.06. The summed E-state index contributed by atoms with van der Waals surface area (Å²) < 4.78 is 1.21. The van der Waals surface area contributed by atoms with Crippen molar-refractivity contribution in [2.45, 2.75) is 26.3 Å². The van der Waals surface area contributed by atoms with Crippen molar-refractivity contribution in [3.63, 3.8) is 0 Å². The first kappa shape index (κ1) is 13.2. The molecule has 5 heteroatoms. The summed E-state index contributed by atoms with van der Waals surface area (Å²) in [5.74, 6) is 0. The monoisotopic (exact) mass is 330 g/mol.